The number of hydrogen-bond donors (Lipinski definition) is 0. The summed E-state index contributed by atoms with van der Waals surface area (Å²) in [5.41, 5.74) is 2.19. The monoisotopic (exact) mass is 400 g/mol. The molecule has 3 rings (SSSR count). The molecule has 0 saturated heterocycles. The van der Waals surface area contributed by atoms with E-state index in [4.69, 9.17) is 4.74 Å². The maximum absolute atomic E-state index is 12.2. The van der Waals surface area contributed by atoms with E-state index in [0.717, 1.165) is 36.3 Å². The van der Waals surface area contributed by atoms with Crippen molar-refractivity contribution in [3.8, 4) is 17.2 Å². The number of para-hydroxylation sites is 1. The van der Waals surface area contributed by atoms with Gasteiger partial charge in [-0.05, 0) is 72.7 Å². The molecule has 0 bridgehead atoms. The lowest BCUT2D eigenvalue weighted by atomic mass is 9.94. The summed E-state index contributed by atoms with van der Waals surface area (Å²) < 4.78 is 46.5. The van der Waals surface area contributed by atoms with Gasteiger partial charge in [-0.2, -0.15) is 0 Å². The zero-order chi connectivity index (χ0) is 20.7. The Morgan fingerprint density at radius 3 is 2.17 bits per heavy atom. The largest absolute Gasteiger partial charge is 0.573 e. The molecule has 0 heterocycles. The fourth-order valence-corrected chi connectivity index (χ4v) is 3.17. The molecule has 0 spiro atoms. The molecule has 0 amide bonds. The summed E-state index contributed by atoms with van der Waals surface area (Å²) in [4.78, 5) is 0. The minimum absolute atomic E-state index is 0.191. The summed E-state index contributed by atoms with van der Waals surface area (Å²) in [5.74, 6) is 1.67. The Bertz CT molecular complexity index is 890. The van der Waals surface area contributed by atoms with Gasteiger partial charge in [0, 0.05) is 0 Å². The van der Waals surface area contributed by atoms with E-state index in [9.17, 15) is 13.2 Å². The number of halogens is 3. The molecular formula is C24H23F3O2. The summed E-state index contributed by atoms with van der Waals surface area (Å²) >= 11 is 0. The van der Waals surface area contributed by atoms with Crippen LogP contribution >= 0.6 is 0 Å². The lowest BCUT2D eigenvalue weighted by Gasteiger charge is -2.14. The predicted molar refractivity (Wildman–Crippen MR) is 107 cm³/mol. The Morgan fingerprint density at radius 2 is 1.48 bits per heavy atom. The van der Waals surface area contributed by atoms with Crippen LogP contribution in [0.4, 0.5) is 13.2 Å². The maximum atomic E-state index is 12.2. The van der Waals surface area contributed by atoms with Crippen LogP contribution in [-0.2, 0) is 6.42 Å². The maximum Gasteiger partial charge on any atom is 0.573 e. The second kappa shape index (κ2) is 9.50. The van der Waals surface area contributed by atoms with Crippen molar-refractivity contribution in [3.63, 3.8) is 0 Å². The first-order chi connectivity index (χ1) is 13.9. The van der Waals surface area contributed by atoms with Gasteiger partial charge in [-0.25, -0.2) is 0 Å². The Balaban J connectivity index is 1.50. The predicted octanol–water partition coefficient (Wildman–Crippen LogP) is 7.50. The molecule has 2 nitrogen and oxygen atoms in total. The highest BCUT2D eigenvalue weighted by atomic mass is 19.4. The lowest BCUT2D eigenvalue weighted by Crippen LogP contribution is -2.17. The third-order valence-electron chi connectivity index (χ3n) is 4.66. The van der Waals surface area contributed by atoms with Gasteiger partial charge in [0.1, 0.15) is 17.2 Å². The van der Waals surface area contributed by atoms with E-state index in [0.29, 0.717) is 0 Å². The molecule has 0 fully saturated rings. The first kappa shape index (κ1) is 20.8. The van der Waals surface area contributed by atoms with Crippen molar-refractivity contribution in [2.45, 2.75) is 38.5 Å². The second-order valence-electron chi connectivity index (χ2n) is 6.97. The van der Waals surface area contributed by atoms with E-state index in [2.05, 4.69) is 17.7 Å². The zero-order valence-electron chi connectivity index (χ0n) is 16.2. The Morgan fingerprint density at radius 1 is 0.793 bits per heavy atom. The van der Waals surface area contributed by atoms with Crippen molar-refractivity contribution >= 4 is 0 Å². The average molecular weight is 400 g/mol. The van der Waals surface area contributed by atoms with Gasteiger partial charge >= 0.3 is 6.36 Å². The van der Waals surface area contributed by atoms with E-state index in [1.807, 2.05) is 48.5 Å². The van der Waals surface area contributed by atoms with Crippen LogP contribution in [0.2, 0.25) is 0 Å². The normalized spacial score (nSPS) is 12.4. The smallest absolute Gasteiger partial charge is 0.457 e. The summed E-state index contributed by atoms with van der Waals surface area (Å²) in [6, 6.07) is 23.8. The molecule has 0 aromatic heterocycles. The number of rotatable bonds is 8. The SMILES string of the molecule is CC(CCCc1cccc(Oc2ccccc2)c1)c1ccc(OC(F)(F)F)cc1. The first-order valence-corrected chi connectivity index (χ1v) is 9.56. The number of ether oxygens (including phenoxy) is 2. The second-order valence-corrected chi connectivity index (χ2v) is 6.97. The minimum Gasteiger partial charge on any atom is -0.457 e. The van der Waals surface area contributed by atoms with Crippen molar-refractivity contribution < 1.29 is 22.6 Å². The fourth-order valence-electron chi connectivity index (χ4n) is 3.17. The van der Waals surface area contributed by atoms with Crippen LogP contribution < -0.4 is 9.47 Å². The molecule has 152 valence electrons. The molecule has 29 heavy (non-hydrogen) atoms. The number of hydrogen-bond acceptors (Lipinski definition) is 2. The minimum atomic E-state index is -4.66. The molecule has 0 radical (unpaired) electrons. The summed E-state index contributed by atoms with van der Waals surface area (Å²) in [6.07, 6.45) is -1.85. The van der Waals surface area contributed by atoms with Gasteiger partial charge in [-0.3, -0.25) is 0 Å². The van der Waals surface area contributed by atoms with Crippen molar-refractivity contribution in [2.24, 2.45) is 0 Å². The Hall–Kier alpha value is -2.95. The first-order valence-electron chi connectivity index (χ1n) is 9.56. The number of aryl methyl sites for hydroxylation is 1. The van der Waals surface area contributed by atoms with Crippen molar-refractivity contribution in [2.75, 3.05) is 0 Å². The van der Waals surface area contributed by atoms with Gasteiger partial charge in [0.05, 0.1) is 0 Å². The van der Waals surface area contributed by atoms with Gasteiger partial charge in [0.15, 0.2) is 0 Å². The molecule has 0 aliphatic rings. The highest BCUT2D eigenvalue weighted by Gasteiger charge is 2.31. The highest BCUT2D eigenvalue weighted by molar-refractivity contribution is 5.34. The molecule has 0 aliphatic carbocycles. The Kier molecular flexibility index (Phi) is 6.81. The molecule has 1 atom stereocenters. The quantitative estimate of drug-likeness (QED) is 0.390. The fraction of sp³-hybridized carbons (Fsp3) is 0.250. The van der Waals surface area contributed by atoms with E-state index >= 15 is 0 Å². The molecule has 0 saturated carbocycles. The zero-order valence-corrected chi connectivity index (χ0v) is 16.2. The molecular weight excluding hydrogens is 377 g/mol. The van der Waals surface area contributed by atoms with Crippen molar-refractivity contribution in [1.29, 1.82) is 0 Å². The van der Waals surface area contributed by atoms with Crippen molar-refractivity contribution in [1.82, 2.24) is 0 Å². The lowest BCUT2D eigenvalue weighted by molar-refractivity contribution is -0.274. The summed E-state index contributed by atoms with van der Waals surface area (Å²) in [7, 11) is 0. The molecule has 0 N–H and O–H groups in total. The molecule has 5 heteroatoms. The summed E-state index contributed by atoms with van der Waals surface area (Å²) in [5, 5.41) is 0. The number of alkyl halides is 3. The van der Waals surface area contributed by atoms with Gasteiger partial charge in [-0.1, -0.05) is 49.4 Å². The highest BCUT2D eigenvalue weighted by Crippen LogP contribution is 2.28. The molecule has 3 aromatic rings. The standard InChI is InChI=1S/C24H23F3O2/c1-18(20-13-15-22(16-14-20)29-24(25,26)27)7-5-8-19-9-6-12-23(17-19)28-21-10-3-2-4-11-21/h2-4,6,9-18H,5,7-8H2,1H3. The Labute approximate surface area is 168 Å². The van der Waals surface area contributed by atoms with Crippen molar-refractivity contribution in [3.05, 3.63) is 90.0 Å². The van der Waals surface area contributed by atoms with Gasteiger partial charge in [-0.15, -0.1) is 13.2 Å². The third-order valence-corrected chi connectivity index (χ3v) is 4.66. The van der Waals surface area contributed by atoms with Gasteiger partial charge in [0.25, 0.3) is 0 Å². The molecule has 0 aliphatic heterocycles. The van der Waals surface area contributed by atoms with Crippen LogP contribution in [0.25, 0.3) is 0 Å². The van der Waals surface area contributed by atoms with Gasteiger partial charge < -0.3 is 9.47 Å². The topological polar surface area (TPSA) is 18.5 Å². The average Bonchev–Trinajstić information content (AvgIpc) is 2.68. The van der Waals surface area contributed by atoms with Crippen LogP contribution in [-0.4, -0.2) is 6.36 Å². The van der Waals surface area contributed by atoms with E-state index < -0.39 is 6.36 Å². The number of benzene rings is 3. The van der Waals surface area contributed by atoms with Crippen LogP contribution in [0.15, 0.2) is 78.9 Å². The van der Waals surface area contributed by atoms with E-state index in [-0.39, 0.29) is 11.7 Å². The van der Waals surface area contributed by atoms with E-state index in [1.54, 1.807) is 12.1 Å². The third kappa shape index (κ3) is 6.86. The van der Waals surface area contributed by atoms with Crippen LogP contribution in [0, 0.1) is 0 Å². The summed E-state index contributed by atoms with van der Waals surface area (Å²) in [6.45, 7) is 2.08. The molecule has 3 aromatic carbocycles. The van der Waals surface area contributed by atoms with E-state index in [1.165, 1.54) is 17.7 Å². The molecule has 1 unspecified atom stereocenters. The van der Waals surface area contributed by atoms with Crippen LogP contribution in [0.5, 0.6) is 17.2 Å². The van der Waals surface area contributed by atoms with Crippen LogP contribution in [0.1, 0.15) is 36.8 Å². The van der Waals surface area contributed by atoms with Crippen LogP contribution in [0.3, 0.4) is 0 Å². The van der Waals surface area contributed by atoms with Gasteiger partial charge in [0.2, 0.25) is 0 Å².